The van der Waals surface area contributed by atoms with E-state index in [1.54, 1.807) is 19.5 Å². The maximum Gasteiger partial charge on any atom is 0.137 e. The summed E-state index contributed by atoms with van der Waals surface area (Å²) in [5.41, 5.74) is 3.64. The second-order valence-electron chi connectivity index (χ2n) is 8.50. The van der Waals surface area contributed by atoms with Gasteiger partial charge < -0.3 is 15.2 Å². The van der Waals surface area contributed by atoms with Crippen molar-refractivity contribution in [2.75, 3.05) is 7.11 Å². The minimum atomic E-state index is -0.0259. The molecule has 2 N–H and O–H groups in total. The first kappa shape index (κ1) is 22.0. The third kappa shape index (κ3) is 5.46. The van der Waals surface area contributed by atoms with E-state index in [0.717, 1.165) is 16.7 Å². The molecule has 0 bridgehead atoms. The van der Waals surface area contributed by atoms with Crippen LogP contribution in [-0.4, -0.2) is 22.7 Å². The molecule has 0 aliphatic heterocycles. The Bertz CT molecular complexity index is 741. The van der Waals surface area contributed by atoms with E-state index in [1.807, 2.05) is 12.1 Å². The first-order valence-electron chi connectivity index (χ1n) is 8.62. The van der Waals surface area contributed by atoms with E-state index < -0.39 is 0 Å². The van der Waals surface area contributed by atoms with Gasteiger partial charge in [-0.1, -0.05) is 34.3 Å². The molecule has 1 heterocycles. The van der Waals surface area contributed by atoms with E-state index in [0.29, 0.717) is 18.0 Å². The van der Waals surface area contributed by atoms with Gasteiger partial charge in [-0.2, -0.15) is 0 Å². The largest absolute Gasteiger partial charge is 0.507 e. The van der Waals surface area contributed by atoms with Gasteiger partial charge in [-0.05, 0) is 43.9 Å². The molecular formula is C22H34N2O2. The van der Waals surface area contributed by atoms with E-state index in [9.17, 15) is 5.11 Å². The number of nitrogens with zero attached hydrogens (tertiary/aromatic N) is 1. The SMILES string of the molecule is C.COc1cncc(-c2cc(C(C)(C)C)cc(CNC(C)(C)C)c2O)c1. The van der Waals surface area contributed by atoms with Gasteiger partial charge in [0, 0.05) is 35.0 Å². The molecular weight excluding hydrogens is 324 g/mol. The highest BCUT2D eigenvalue weighted by Gasteiger charge is 2.21. The lowest BCUT2D eigenvalue weighted by atomic mass is 9.83. The molecule has 1 aromatic heterocycles. The number of aromatic hydroxyl groups is 1. The molecule has 0 unspecified atom stereocenters. The van der Waals surface area contributed by atoms with Gasteiger partial charge in [0.1, 0.15) is 11.5 Å². The van der Waals surface area contributed by atoms with Gasteiger partial charge >= 0.3 is 0 Å². The zero-order valence-electron chi connectivity index (χ0n) is 16.4. The minimum Gasteiger partial charge on any atom is -0.507 e. The number of benzene rings is 1. The van der Waals surface area contributed by atoms with Crippen LogP contribution in [0.3, 0.4) is 0 Å². The Hall–Kier alpha value is -2.07. The molecule has 4 nitrogen and oxygen atoms in total. The van der Waals surface area contributed by atoms with Crippen molar-refractivity contribution in [1.29, 1.82) is 0 Å². The van der Waals surface area contributed by atoms with E-state index in [1.165, 1.54) is 5.56 Å². The summed E-state index contributed by atoms with van der Waals surface area (Å²) in [6, 6.07) is 6.03. The summed E-state index contributed by atoms with van der Waals surface area (Å²) in [4.78, 5) is 4.23. The molecule has 2 rings (SSSR count). The van der Waals surface area contributed by atoms with Gasteiger partial charge in [-0.3, -0.25) is 4.98 Å². The molecule has 1 aromatic carbocycles. The Morgan fingerprint density at radius 3 is 2.23 bits per heavy atom. The predicted molar refractivity (Wildman–Crippen MR) is 110 cm³/mol. The second kappa shape index (κ2) is 8.09. The number of rotatable bonds is 4. The molecule has 0 aliphatic rings. The Morgan fingerprint density at radius 1 is 1.04 bits per heavy atom. The molecule has 0 amide bonds. The van der Waals surface area contributed by atoms with Crippen LogP contribution in [0.15, 0.2) is 30.6 Å². The van der Waals surface area contributed by atoms with Gasteiger partial charge in [0.2, 0.25) is 0 Å². The fourth-order valence-electron chi connectivity index (χ4n) is 2.52. The smallest absolute Gasteiger partial charge is 0.137 e. The average Bonchev–Trinajstić information content (AvgIpc) is 2.52. The van der Waals surface area contributed by atoms with Crippen molar-refractivity contribution in [2.45, 2.75) is 66.5 Å². The fraction of sp³-hybridized carbons (Fsp3) is 0.500. The quantitative estimate of drug-likeness (QED) is 0.780. The van der Waals surface area contributed by atoms with Crippen LogP contribution in [0, 0.1) is 0 Å². The summed E-state index contributed by atoms with van der Waals surface area (Å²) in [7, 11) is 1.62. The monoisotopic (exact) mass is 358 g/mol. The standard InChI is InChI=1S/C21H30N2O2.CH4/c1-20(2,3)16-8-15(12-23-21(4,5)6)19(24)18(10-16)14-9-17(25-7)13-22-11-14;/h8-11,13,23-24H,12H2,1-7H3;1H4. The highest BCUT2D eigenvalue weighted by molar-refractivity contribution is 5.73. The van der Waals surface area contributed by atoms with E-state index in [2.05, 4.69) is 57.9 Å². The summed E-state index contributed by atoms with van der Waals surface area (Å²) >= 11 is 0. The number of hydrogen-bond donors (Lipinski definition) is 2. The van der Waals surface area contributed by atoms with Crippen LogP contribution in [-0.2, 0) is 12.0 Å². The van der Waals surface area contributed by atoms with Gasteiger partial charge in [0.15, 0.2) is 0 Å². The molecule has 144 valence electrons. The Kier molecular flexibility index (Phi) is 6.83. The molecule has 4 heteroatoms. The van der Waals surface area contributed by atoms with Crippen LogP contribution in [0.2, 0.25) is 0 Å². The van der Waals surface area contributed by atoms with E-state index in [-0.39, 0.29) is 18.4 Å². The Balaban J connectivity index is 0.00000338. The summed E-state index contributed by atoms with van der Waals surface area (Å²) in [6.45, 7) is 13.5. The van der Waals surface area contributed by atoms with Crippen LogP contribution < -0.4 is 10.1 Å². The number of hydrogen-bond acceptors (Lipinski definition) is 4. The fourth-order valence-corrected chi connectivity index (χ4v) is 2.52. The molecule has 0 spiro atoms. The Labute approximate surface area is 158 Å². The maximum absolute atomic E-state index is 10.9. The number of aromatic nitrogens is 1. The highest BCUT2D eigenvalue weighted by Crippen LogP contribution is 2.38. The number of ether oxygens (including phenoxy) is 1. The zero-order chi connectivity index (χ0) is 18.8. The number of phenolic OH excluding ortho intramolecular Hbond substituents is 1. The molecule has 0 radical (unpaired) electrons. The van der Waals surface area contributed by atoms with Crippen LogP contribution >= 0.6 is 0 Å². The minimum absolute atomic E-state index is 0. The number of phenols is 1. The molecule has 0 atom stereocenters. The zero-order valence-corrected chi connectivity index (χ0v) is 16.4. The highest BCUT2D eigenvalue weighted by atomic mass is 16.5. The first-order chi connectivity index (χ1) is 11.5. The molecule has 0 saturated carbocycles. The van der Waals surface area contributed by atoms with Crippen molar-refractivity contribution < 1.29 is 9.84 Å². The van der Waals surface area contributed by atoms with Crippen LogP contribution in [0.25, 0.3) is 11.1 Å². The molecule has 0 fully saturated rings. The van der Waals surface area contributed by atoms with Crippen molar-refractivity contribution in [2.24, 2.45) is 0 Å². The van der Waals surface area contributed by atoms with Crippen molar-refractivity contribution in [3.63, 3.8) is 0 Å². The number of methoxy groups -OCH3 is 1. The van der Waals surface area contributed by atoms with Gasteiger partial charge in [-0.25, -0.2) is 0 Å². The lowest BCUT2D eigenvalue weighted by Crippen LogP contribution is -2.35. The third-order valence-corrected chi connectivity index (χ3v) is 4.12. The third-order valence-electron chi connectivity index (χ3n) is 4.12. The van der Waals surface area contributed by atoms with Gasteiger partial charge in [0.25, 0.3) is 0 Å². The van der Waals surface area contributed by atoms with Crippen molar-refractivity contribution in [1.82, 2.24) is 10.3 Å². The van der Waals surface area contributed by atoms with E-state index >= 15 is 0 Å². The average molecular weight is 359 g/mol. The molecule has 0 aliphatic carbocycles. The predicted octanol–water partition coefficient (Wildman–Crippen LogP) is 5.28. The maximum atomic E-state index is 10.9. The van der Waals surface area contributed by atoms with Crippen molar-refractivity contribution in [3.05, 3.63) is 41.7 Å². The van der Waals surface area contributed by atoms with Crippen LogP contribution in [0.1, 0.15) is 60.1 Å². The summed E-state index contributed by atoms with van der Waals surface area (Å²) in [5, 5.41) is 14.3. The number of pyridine rings is 1. The van der Waals surface area contributed by atoms with Crippen LogP contribution in [0.5, 0.6) is 11.5 Å². The normalized spacial score (nSPS) is 11.8. The lowest BCUT2D eigenvalue weighted by molar-refractivity contribution is 0.411. The first-order valence-corrected chi connectivity index (χ1v) is 8.62. The van der Waals surface area contributed by atoms with E-state index in [4.69, 9.17) is 4.74 Å². The van der Waals surface area contributed by atoms with Crippen molar-refractivity contribution >= 4 is 0 Å². The summed E-state index contributed by atoms with van der Waals surface area (Å²) in [5.74, 6) is 0.965. The van der Waals surface area contributed by atoms with Crippen LogP contribution in [0.4, 0.5) is 0 Å². The number of nitrogens with one attached hydrogen (secondary N) is 1. The molecule has 0 saturated heterocycles. The second-order valence-corrected chi connectivity index (χ2v) is 8.50. The Morgan fingerprint density at radius 2 is 1.69 bits per heavy atom. The molecule has 26 heavy (non-hydrogen) atoms. The summed E-state index contributed by atoms with van der Waals surface area (Å²) < 4.78 is 5.28. The topological polar surface area (TPSA) is 54.4 Å². The van der Waals surface area contributed by atoms with Crippen molar-refractivity contribution in [3.8, 4) is 22.6 Å². The molecule has 2 aromatic rings. The van der Waals surface area contributed by atoms with Gasteiger partial charge in [0.05, 0.1) is 13.3 Å². The van der Waals surface area contributed by atoms with Gasteiger partial charge in [-0.15, -0.1) is 0 Å². The lowest BCUT2D eigenvalue weighted by Gasteiger charge is -2.25. The summed E-state index contributed by atoms with van der Waals surface area (Å²) in [6.07, 6.45) is 3.42.